The van der Waals surface area contributed by atoms with Crippen molar-refractivity contribution < 1.29 is 4.79 Å². The minimum Gasteiger partial charge on any atom is -0.368 e. The average molecular weight is 278 g/mol. The molecule has 3 nitrogen and oxygen atoms in total. The molecular weight excluding hydrogens is 260 g/mol. The number of hydrogen-bond donors (Lipinski definition) is 1. The molecule has 1 N–H and O–H groups in total. The van der Waals surface area contributed by atoms with E-state index in [0.717, 1.165) is 31.9 Å². The summed E-state index contributed by atoms with van der Waals surface area (Å²) in [6.45, 7) is 3.89. The largest absolute Gasteiger partial charge is 0.368 e. The number of nitrogens with one attached hydrogen (secondary N) is 1. The maximum Gasteiger partial charge on any atom is 0.162 e. The second-order valence-corrected chi connectivity index (χ2v) is 5.72. The van der Waals surface area contributed by atoms with Crippen molar-refractivity contribution in [1.82, 2.24) is 10.2 Å². The van der Waals surface area contributed by atoms with Crippen molar-refractivity contribution in [2.75, 3.05) is 26.2 Å². The minimum absolute atomic E-state index is 0.215. The van der Waals surface area contributed by atoms with Crippen molar-refractivity contribution in [3.05, 3.63) is 53.6 Å². The molecule has 0 bridgehead atoms. The van der Waals surface area contributed by atoms with E-state index >= 15 is 0 Å². The number of carbonyl (C=O) groups excluding carboxylic acids is 1. The Hall–Kier alpha value is -2.13. The fourth-order valence-electron chi connectivity index (χ4n) is 3.39. The highest BCUT2D eigenvalue weighted by Gasteiger charge is 2.24. The average Bonchev–Trinajstić information content (AvgIpc) is 2.55. The first-order chi connectivity index (χ1) is 10.3. The van der Waals surface area contributed by atoms with Crippen molar-refractivity contribution in [1.29, 1.82) is 0 Å². The number of rotatable bonds is 1. The van der Waals surface area contributed by atoms with E-state index in [1.165, 1.54) is 21.9 Å². The molecule has 0 atom stereocenters. The standard InChI is InChI=1S/C18H18N2O/c21-14-11-17-15-4-2-1-3-13(15)5-6-16(17)18(12-14)20-9-7-19-8-10-20/h1-6,12,19H,7-11H2. The second-order valence-electron chi connectivity index (χ2n) is 5.72. The predicted molar refractivity (Wildman–Crippen MR) is 85.1 cm³/mol. The fraction of sp³-hybridized carbons (Fsp3) is 0.278. The smallest absolute Gasteiger partial charge is 0.162 e. The third-order valence-electron chi connectivity index (χ3n) is 4.42. The van der Waals surface area contributed by atoms with Crippen LogP contribution in [0.3, 0.4) is 0 Å². The van der Waals surface area contributed by atoms with Gasteiger partial charge in [0.15, 0.2) is 5.78 Å². The summed E-state index contributed by atoms with van der Waals surface area (Å²) in [5.74, 6) is 0.215. The van der Waals surface area contributed by atoms with Gasteiger partial charge in [-0.25, -0.2) is 0 Å². The number of nitrogens with zero attached hydrogens (tertiary/aromatic N) is 1. The van der Waals surface area contributed by atoms with Crippen LogP contribution in [0.25, 0.3) is 16.5 Å². The van der Waals surface area contributed by atoms with E-state index in [1.54, 1.807) is 0 Å². The zero-order chi connectivity index (χ0) is 14.2. The number of benzene rings is 2. The Balaban J connectivity index is 1.87. The lowest BCUT2D eigenvalue weighted by molar-refractivity contribution is -0.114. The highest BCUT2D eigenvalue weighted by atomic mass is 16.1. The van der Waals surface area contributed by atoms with Crippen molar-refractivity contribution >= 4 is 22.3 Å². The Bertz CT molecular complexity index is 742. The van der Waals surface area contributed by atoms with E-state index < -0.39 is 0 Å². The van der Waals surface area contributed by atoms with Crippen LogP contribution in [0.4, 0.5) is 0 Å². The zero-order valence-corrected chi connectivity index (χ0v) is 11.9. The van der Waals surface area contributed by atoms with Gasteiger partial charge in [-0.05, 0) is 16.3 Å². The van der Waals surface area contributed by atoms with Gasteiger partial charge in [-0.2, -0.15) is 0 Å². The lowest BCUT2D eigenvalue weighted by atomic mass is 9.88. The third kappa shape index (κ3) is 2.14. The van der Waals surface area contributed by atoms with Crippen molar-refractivity contribution in [3.8, 4) is 0 Å². The summed E-state index contributed by atoms with van der Waals surface area (Å²) < 4.78 is 0. The van der Waals surface area contributed by atoms with Gasteiger partial charge in [-0.15, -0.1) is 0 Å². The summed E-state index contributed by atoms with van der Waals surface area (Å²) in [5.41, 5.74) is 3.53. The molecular formula is C18H18N2O. The molecule has 1 fully saturated rings. The molecule has 21 heavy (non-hydrogen) atoms. The molecule has 0 amide bonds. The minimum atomic E-state index is 0.215. The summed E-state index contributed by atoms with van der Waals surface area (Å²) >= 11 is 0. The molecule has 0 radical (unpaired) electrons. The lowest BCUT2D eigenvalue weighted by Crippen LogP contribution is -2.43. The van der Waals surface area contributed by atoms with Gasteiger partial charge in [-0.1, -0.05) is 36.4 Å². The monoisotopic (exact) mass is 278 g/mol. The van der Waals surface area contributed by atoms with E-state index in [0.29, 0.717) is 6.42 Å². The number of hydrogen-bond acceptors (Lipinski definition) is 3. The van der Waals surface area contributed by atoms with Crippen LogP contribution < -0.4 is 5.32 Å². The molecule has 2 aliphatic rings. The van der Waals surface area contributed by atoms with Crippen molar-refractivity contribution in [3.63, 3.8) is 0 Å². The first-order valence-electron chi connectivity index (χ1n) is 7.54. The molecule has 1 aliphatic heterocycles. The Morgan fingerprint density at radius 3 is 2.67 bits per heavy atom. The van der Waals surface area contributed by atoms with E-state index in [-0.39, 0.29) is 5.78 Å². The molecule has 0 spiro atoms. The lowest BCUT2D eigenvalue weighted by Gasteiger charge is -2.34. The summed E-state index contributed by atoms with van der Waals surface area (Å²) in [6, 6.07) is 12.7. The normalized spacial score (nSPS) is 18.6. The Morgan fingerprint density at radius 2 is 1.81 bits per heavy atom. The molecule has 2 aromatic carbocycles. The van der Waals surface area contributed by atoms with E-state index in [9.17, 15) is 4.79 Å². The van der Waals surface area contributed by atoms with Crippen LogP contribution in [0.2, 0.25) is 0 Å². The Labute approximate surface area is 124 Å². The van der Waals surface area contributed by atoms with Gasteiger partial charge in [0.2, 0.25) is 0 Å². The molecule has 4 rings (SSSR count). The molecule has 1 heterocycles. The van der Waals surface area contributed by atoms with Gasteiger partial charge in [0.05, 0.1) is 0 Å². The molecule has 2 aromatic rings. The highest BCUT2D eigenvalue weighted by Crippen LogP contribution is 2.33. The molecule has 106 valence electrons. The van der Waals surface area contributed by atoms with Gasteiger partial charge in [0.25, 0.3) is 0 Å². The summed E-state index contributed by atoms with van der Waals surface area (Å²) in [7, 11) is 0. The first kappa shape index (κ1) is 12.6. The third-order valence-corrected chi connectivity index (χ3v) is 4.42. The zero-order valence-electron chi connectivity index (χ0n) is 11.9. The van der Waals surface area contributed by atoms with Gasteiger partial charge in [0, 0.05) is 49.9 Å². The number of carbonyl (C=O) groups is 1. The van der Waals surface area contributed by atoms with Crippen molar-refractivity contribution in [2.24, 2.45) is 0 Å². The van der Waals surface area contributed by atoms with Crippen LogP contribution >= 0.6 is 0 Å². The first-order valence-corrected chi connectivity index (χ1v) is 7.54. The van der Waals surface area contributed by atoms with Crippen LogP contribution in [-0.2, 0) is 11.2 Å². The molecule has 1 saturated heterocycles. The van der Waals surface area contributed by atoms with Gasteiger partial charge in [0.1, 0.15) is 0 Å². The number of allylic oxidation sites excluding steroid dienone is 1. The van der Waals surface area contributed by atoms with Gasteiger partial charge < -0.3 is 10.2 Å². The summed E-state index contributed by atoms with van der Waals surface area (Å²) in [5, 5.41) is 5.79. The second kappa shape index (κ2) is 5.01. The number of ketones is 1. The van der Waals surface area contributed by atoms with Gasteiger partial charge in [-0.3, -0.25) is 4.79 Å². The predicted octanol–water partition coefficient (Wildman–Crippen LogP) is 2.21. The summed E-state index contributed by atoms with van der Waals surface area (Å²) in [6.07, 6.45) is 2.36. The van der Waals surface area contributed by atoms with Crippen LogP contribution in [0.15, 0.2) is 42.5 Å². The van der Waals surface area contributed by atoms with Crippen LogP contribution in [0, 0.1) is 0 Å². The number of piperazine rings is 1. The SMILES string of the molecule is O=C1C=C(N2CCNCC2)c2ccc3ccccc3c2C1. The fourth-order valence-corrected chi connectivity index (χ4v) is 3.39. The van der Waals surface area contributed by atoms with Crippen molar-refractivity contribution in [2.45, 2.75) is 6.42 Å². The Morgan fingerprint density at radius 1 is 1.00 bits per heavy atom. The maximum absolute atomic E-state index is 12.2. The van der Waals surface area contributed by atoms with E-state index in [4.69, 9.17) is 0 Å². The Kier molecular flexibility index (Phi) is 3.00. The van der Waals surface area contributed by atoms with E-state index in [1.807, 2.05) is 12.1 Å². The highest BCUT2D eigenvalue weighted by molar-refractivity contribution is 6.05. The molecule has 0 unspecified atom stereocenters. The molecule has 1 aliphatic carbocycles. The molecule has 3 heteroatoms. The topological polar surface area (TPSA) is 32.3 Å². The molecule has 0 aromatic heterocycles. The number of fused-ring (bicyclic) bond motifs is 3. The van der Waals surface area contributed by atoms with Crippen LogP contribution in [0.1, 0.15) is 11.1 Å². The van der Waals surface area contributed by atoms with Gasteiger partial charge >= 0.3 is 0 Å². The van der Waals surface area contributed by atoms with Crippen LogP contribution in [0.5, 0.6) is 0 Å². The molecule has 0 saturated carbocycles. The maximum atomic E-state index is 12.2. The van der Waals surface area contributed by atoms with E-state index in [2.05, 4.69) is 40.5 Å². The van der Waals surface area contributed by atoms with Crippen LogP contribution in [-0.4, -0.2) is 36.9 Å². The quantitative estimate of drug-likeness (QED) is 0.868. The summed E-state index contributed by atoms with van der Waals surface area (Å²) in [4.78, 5) is 14.5.